The molecule has 1 fully saturated rings. The van der Waals surface area contributed by atoms with Gasteiger partial charge in [0, 0.05) is 25.2 Å². The third-order valence-corrected chi connectivity index (χ3v) is 4.70. The minimum absolute atomic E-state index is 0.485. The van der Waals surface area contributed by atoms with Gasteiger partial charge in [0.25, 0.3) is 0 Å². The van der Waals surface area contributed by atoms with Gasteiger partial charge in [-0.25, -0.2) is 0 Å². The Balaban J connectivity index is 1.66. The summed E-state index contributed by atoms with van der Waals surface area (Å²) in [6.45, 7) is 7.96. The maximum atomic E-state index is 2.56. The highest BCUT2D eigenvalue weighted by Crippen LogP contribution is 2.28. The van der Waals surface area contributed by atoms with Gasteiger partial charge in [0.1, 0.15) is 0 Å². The van der Waals surface area contributed by atoms with E-state index in [1.165, 1.54) is 11.1 Å². The fourth-order valence-electron chi connectivity index (χ4n) is 3.15. The molecule has 2 aromatic rings. The van der Waals surface area contributed by atoms with Crippen molar-refractivity contribution in [2.75, 3.05) is 19.8 Å². The first-order chi connectivity index (χ1) is 10.3. The van der Waals surface area contributed by atoms with Crippen LogP contribution in [-0.4, -0.2) is 29.6 Å². The van der Waals surface area contributed by atoms with Crippen LogP contribution in [0.4, 0.5) is 0 Å². The third kappa shape index (κ3) is 3.17. The van der Waals surface area contributed by atoms with Crippen LogP contribution in [0.3, 0.4) is 0 Å². The average molecular weight is 280 g/mol. The summed E-state index contributed by atoms with van der Waals surface area (Å²) >= 11 is 0. The van der Waals surface area contributed by atoms with Gasteiger partial charge in [0.05, 0.1) is 6.67 Å². The molecule has 1 heterocycles. The molecule has 0 spiro atoms. The van der Waals surface area contributed by atoms with Crippen LogP contribution in [0.15, 0.2) is 60.7 Å². The van der Waals surface area contributed by atoms with Gasteiger partial charge in [0.2, 0.25) is 0 Å². The first kappa shape index (κ1) is 14.3. The van der Waals surface area contributed by atoms with Crippen molar-refractivity contribution in [1.82, 2.24) is 9.80 Å². The summed E-state index contributed by atoms with van der Waals surface area (Å²) in [5, 5.41) is 0. The number of nitrogens with zero attached hydrogens (tertiary/aromatic N) is 2. The number of hydrogen-bond acceptors (Lipinski definition) is 2. The monoisotopic (exact) mass is 280 g/mol. The second-order valence-corrected chi connectivity index (χ2v) is 5.94. The molecule has 0 aliphatic carbocycles. The van der Waals surface area contributed by atoms with Crippen molar-refractivity contribution in [3.8, 4) is 0 Å². The molecule has 1 saturated heterocycles. The molecule has 0 radical (unpaired) electrons. The number of benzene rings is 2. The molecule has 0 bridgehead atoms. The van der Waals surface area contributed by atoms with Crippen LogP contribution in [-0.2, 0) is 0 Å². The molecule has 2 heteroatoms. The minimum atomic E-state index is 0.485. The average Bonchev–Trinajstić information content (AvgIpc) is 3.05. The van der Waals surface area contributed by atoms with Crippen LogP contribution in [0.5, 0.6) is 0 Å². The summed E-state index contributed by atoms with van der Waals surface area (Å²) in [5.74, 6) is 0. The molecule has 2 nitrogen and oxygen atoms in total. The van der Waals surface area contributed by atoms with Gasteiger partial charge in [-0.1, -0.05) is 60.7 Å². The van der Waals surface area contributed by atoms with Gasteiger partial charge in [-0.2, -0.15) is 0 Å². The SMILES string of the molecule is CC(c1ccccc1)N1CCN(C(C)c2ccccc2)C1. The van der Waals surface area contributed by atoms with Gasteiger partial charge in [-0.3, -0.25) is 9.80 Å². The Hall–Kier alpha value is -1.64. The number of hydrogen-bond donors (Lipinski definition) is 0. The Morgan fingerprint density at radius 1 is 0.667 bits per heavy atom. The molecule has 0 saturated carbocycles. The molecule has 0 aromatic heterocycles. The lowest BCUT2D eigenvalue weighted by Crippen LogP contribution is -2.29. The van der Waals surface area contributed by atoms with Gasteiger partial charge >= 0.3 is 0 Å². The normalized spacial score (nSPS) is 19.5. The van der Waals surface area contributed by atoms with Gasteiger partial charge in [-0.15, -0.1) is 0 Å². The Kier molecular flexibility index (Phi) is 4.37. The Morgan fingerprint density at radius 3 is 1.43 bits per heavy atom. The first-order valence-corrected chi connectivity index (χ1v) is 7.83. The van der Waals surface area contributed by atoms with Crippen LogP contribution in [0.25, 0.3) is 0 Å². The predicted molar refractivity (Wildman–Crippen MR) is 88.0 cm³/mol. The lowest BCUT2D eigenvalue weighted by Gasteiger charge is -2.28. The quantitative estimate of drug-likeness (QED) is 0.832. The molecule has 0 amide bonds. The molecule has 110 valence electrons. The summed E-state index contributed by atoms with van der Waals surface area (Å²) in [4.78, 5) is 5.13. The third-order valence-electron chi connectivity index (χ3n) is 4.70. The Labute approximate surface area is 128 Å². The lowest BCUT2D eigenvalue weighted by atomic mass is 10.1. The summed E-state index contributed by atoms with van der Waals surface area (Å²) in [6, 6.07) is 22.6. The molecule has 2 aromatic carbocycles. The molecule has 1 aliphatic heterocycles. The second-order valence-electron chi connectivity index (χ2n) is 5.94. The predicted octanol–water partition coefficient (Wildman–Crippen LogP) is 4.08. The topological polar surface area (TPSA) is 6.48 Å². The van der Waals surface area contributed by atoms with E-state index in [4.69, 9.17) is 0 Å². The van der Waals surface area contributed by atoms with E-state index in [1.807, 2.05) is 0 Å². The lowest BCUT2D eigenvalue weighted by molar-refractivity contribution is 0.174. The van der Waals surface area contributed by atoms with Crippen LogP contribution >= 0.6 is 0 Å². The summed E-state index contributed by atoms with van der Waals surface area (Å²) in [7, 11) is 0. The zero-order valence-corrected chi connectivity index (χ0v) is 12.9. The largest absolute Gasteiger partial charge is 0.282 e. The smallest absolute Gasteiger partial charge is 0.0518 e. The van der Waals surface area contributed by atoms with Crippen molar-refractivity contribution in [1.29, 1.82) is 0 Å². The summed E-state index contributed by atoms with van der Waals surface area (Å²) in [5.41, 5.74) is 2.82. The molecular weight excluding hydrogens is 256 g/mol. The summed E-state index contributed by atoms with van der Waals surface area (Å²) < 4.78 is 0. The molecule has 2 atom stereocenters. The highest BCUT2D eigenvalue weighted by atomic mass is 15.4. The van der Waals surface area contributed by atoms with E-state index in [1.54, 1.807) is 0 Å². The van der Waals surface area contributed by atoms with E-state index in [2.05, 4.69) is 84.3 Å². The van der Waals surface area contributed by atoms with Crippen LogP contribution in [0.2, 0.25) is 0 Å². The van der Waals surface area contributed by atoms with Crippen LogP contribution < -0.4 is 0 Å². The molecule has 1 aliphatic rings. The van der Waals surface area contributed by atoms with E-state index in [9.17, 15) is 0 Å². The van der Waals surface area contributed by atoms with Crippen LogP contribution in [0.1, 0.15) is 37.1 Å². The second kappa shape index (κ2) is 6.42. The fraction of sp³-hybridized carbons (Fsp3) is 0.368. The Bertz CT molecular complexity index is 501. The van der Waals surface area contributed by atoms with E-state index < -0.39 is 0 Å². The van der Waals surface area contributed by atoms with E-state index in [0.717, 1.165) is 19.8 Å². The van der Waals surface area contributed by atoms with Crippen molar-refractivity contribution in [2.24, 2.45) is 0 Å². The van der Waals surface area contributed by atoms with Crippen LogP contribution in [0, 0.1) is 0 Å². The maximum Gasteiger partial charge on any atom is 0.0518 e. The van der Waals surface area contributed by atoms with Gasteiger partial charge < -0.3 is 0 Å². The summed E-state index contributed by atoms with van der Waals surface area (Å²) in [6.07, 6.45) is 0. The standard InChI is InChI=1S/C19H24N2/c1-16(18-9-5-3-6-10-18)20-13-14-21(15-20)17(2)19-11-7-4-8-12-19/h3-12,16-17H,13-15H2,1-2H3. The maximum absolute atomic E-state index is 2.56. The zero-order chi connectivity index (χ0) is 14.7. The van der Waals surface area contributed by atoms with Crippen molar-refractivity contribution < 1.29 is 0 Å². The van der Waals surface area contributed by atoms with Crippen molar-refractivity contribution in [3.63, 3.8) is 0 Å². The highest BCUT2D eigenvalue weighted by molar-refractivity contribution is 5.20. The van der Waals surface area contributed by atoms with E-state index >= 15 is 0 Å². The first-order valence-electron chi connectivity index (χ1n) is 7.83. The molecule has 21 heavy (non-hydrogen) atoms. The minimum Gasteiger partial charge on any atom is -0.282 e. The molecule has 0 N–H and O–H groups in total. The van der Waals surface area contributed by atoms with Crippen molar-refractivity contribution in [2.45, 2.75) is 25.9 Å². The molecule has 3 rings (SSSR count). The van der Waals surface area contributed by atoms with E-state index in [-0.39, 0.29) is 0 Å². The van der Waals surface area contributed by atoms with E-state index in [0.29, 0.717) is 12.1 Å². The van der Waals surface area contributed by atoms with Crippen molar-refractivity contribution in [3.05, 3.63) is 71.8 Å². The van der Waals surface area contributed by atoms with Gasteiger partial charge in [0.15, 0.2) is 0 Å². The highest BCUT2D eigenvalue weighted by Gasteiger charge is 2.28. The zero-order valence-electron chi connectivity index (χ0n) is 12.9. The molecule has 2 unspecified atom stereocenters. The fourth-order valence-corrected chi connectivity index (χ4v) is 3.15. The molecular formula is C19H24N2. The number of rotatable bonds is 4. The van der Waals surface area contributed by atoms with Gasteiger partial charge in [-0.05, 0) is 25.0 Å². The Morgan fingerprint density at radius 2 is 1.05 bits per heavy atom. The van der Waals surface area contributed by atoms with Crippen molar-refractivity contribution >= 4 is 0 Å².